The number of carboxylic acid groups (broad SMARTS) is 1. The highest BCUT2D eigenvalue weighted by Gasteiger charge is 2.38. The van der Waals surface area contributed by atoms with Crippen LogP contribution in [-0.2, 0) is 16.1 Å². The number of nitrogens with zero attached hydrogens (tertiary/aromatic N) is 1. The van der Waals surface area contributed by atoms with Crippen molar-refractivity contribution in [1.29, 1.82) is 0 Å². The molecule has 1 N–H and O–H groups in total. The number of carbonyl (C=O) groups excluding carboxylic acids is 1. The van der Waals surface area contributed by atoms with E-state index in [0.29, 0.717) is 13.0 Å². The fourth-order valence-corrected chi connectivity index (χ4v) is 2.28. The summed E-state index contributed by atoms with van der Waals surface area (Å²) in [5.74, 6) is -0.786. The Morgan fingerprint density at radius 3 is 2.68 bits per heavy atom. The van der Waals surface area contributed by atoms with Crippen LogP contribution < -0.4 is 0 Å². The van der Waals surface area contributed by atoms with E-state index in [0.717, 1.165) is 5.56 Å². The minimum absolute atomic E-state index is 0.164. The number of benzene rings is 1. The molecule has 1 amide bonds. The lowest BCUT2D eigenvalue weighted by molar-refractivity contribution is -0.141. The summed E-state index contributed by atoms with van der Waals surface area (Å²) >= 11 is 0. The molecule has 0 aromatic heterocycles. The molecule has 0 spiro atoms. The maximum atomic E-state index is 11.9. The van der Waals surface area contributed by atoms with Crippen LogP contribution in [0.2, 0.25) is 0 Å². The van der Waals surface area contributed by atoms with Crippen molar-refractivity contribution in [2.24, 2.45) is 5.92 Å². The van der Waals surface area contributed by atoms with Gasteiger partial charge in [-0.3, -0.25) is 4.90 Å². The first-order valence-electron chi connectivity index (χ1n) is 6.28. The van der Waals surface area contributed by atoms with Crippen molar-refractivity contribution in [3.8, 4) is 0 Å². The van der Waals surface area contributed by atoms with E-state index >= 15 is 0 Å². The van der Waals surface area contributed by atoms with Crippen LogP contribution in [0.25, 0.3) is 0 Å². The predicted octanol–water partition coefficient (Wildman–Crippen LogP) is 2.12. The number of aliphatic carboxylic acids is 1. The van der Waals surface area contributed by atoms with Crippen LogP contribution in [0, 0.1) is 5.92 Å². The SMILES string of the molecule is C[C@H]1C[C@H](C(=O)O)N(C(=O)OCc2ccccc2)C1. The van der Waals surface area contributed by atoms with Crippen molar-refractivity contribution in [2.45, 2.75) is 26.0 Å². The van der Waals surface area contributed by atoms with Gasteiger partial charge in [0.15, 0.2) is 0 Å². The van der Waals surface area contributed by atoms with Gasteiger partial charge in [0.1, 0.15) is 12.6 Å². The Kier molecular flexibility index (Phi) is 4.04. The lowest BCUT2D eigenvalue weighted by Gasteiger charge is -2.20. The molecule has 1 saturated heterocycles. The minimum atomic E-state index is -0.971. The number of carbonyl (C=O) groups is 2. The zero-order valence-corrected chi connectivity index (χ0v) is 10.8. The van der Waals surface area contributed by atoms with E-state index in [-0.39, 0.29) is 12.5 Å². The molecule has 1 aliphatic heterocycles. The van der Waals surface area contributed by atoms with Gasteiger partial charge in [0.25, 0.3) is 0 Å². The van der Waals surface area contributed by atoms with Gasteiger partial charge in [-0.1, -0.05) is 37.3 Å². The van der Waals surface area contributed by atoms with E-state index in [2.05, 4.69) is 0 Å². The van der Waals surface area contributed by atoms with Gasteiger partial charge in [-0.15, -0.1) is 0 Å². The molecule has 0 unspecified atom stereocenters. The molecule has 5 nitrogen and oxygen atoms in total. The summed E-state index contributed by atoms with van der Waals surface area (Å²) in [5.41, 5.74) is 0.884. The van der Waals surface area contributed by atoms with Gasteiger partial charge < -0.3 is 9.84 Å². The topological polar surface area (TPSA) is 66.8 Å². The smallest absolute Gasteiger partial charge is 0.410 e. The monoisotopic (exact) mass is 263 g/mol. The van der Waals surface area contributed by atoms with Crippen molar-refractivity contribution in [3.05, 3.63) is 35.9 Å². The summed E-state index contributed by atoms with van der Waals surface area (Å²) < 4.78 is 5.16. The average Bonchev–Trinajstić information content (AvgIpc) is 2.79. The van der Waals surface area contributed by atoms with Gasteiger partial charge in [-0.25, -0.2) is 9.59 Å². The molecule has 0 radical (unpaired) electrons. The second-order valence-electron chi connectivity index (χ2n) is 4.89. The van der Waals surface area contributed by atoms with E-state index in [9.17, 15) is 9.59 Å². The van der Waals surface area contributed by atoms with Gasteiger partial charge in [0, 0.05) is 6.54 Å². The number of hydrogen-bond acceptors (Lipinski definition) is 3. The number of amides is 1. The van der Waals surface area contributed by atoms with Crippen molar-refractivity contribution >= 4 is 12.1 Å². The lowest BCUT2D eigenvalue weighted by atomic mass is 10.1. The van der Waals surface area contributed by atoms with Crippen LogP contribution in [-0.4, -0.2) is 34.7 Å². The summed E-state index contributed by atoms with van der Waals surface area (Å²) in [7, 11) is 0. The Balaban J connectivity index is 1.94. The minimum Gasteiger partial charge on any atom is -0.480 e. The van der Waals surface area contributed by atoms with Crippen LogP contribution in [0.4, 0.5) is 4.79 Å². The van der Waals surface area contributed by atoms with Gasteiger partial charge >= 0.3 is 12.1 Å². The number of carboxylic acids is 1. The second kappa shape index (κ2) is 5.73. The molecule has 19 heavy (non-hydrogen) atoms. The van der Waals surface area contributed by atoms with Gasteiger partial charge in [0.05, 0.1) is 0 Å². The summed E-state index contributed by atoms with van der Waals surface area (Å²) in [4.78, 5) is 24.3. The molecule has 0 bridgehead atoms. The molecule has 0 saturated carbocycles. The summed E-state index contributed by atoms with van der Waals surface area (Å²) in [5, 5.41) is 9.09. The molecule has 2 atom stereocenters. The van der Waals surface area contributed by atoms with Crippen molar-refractivity contribution in [2.75, 3.05) is 6.54 Å². The third-order valence-electron chi connectivity index (χ3n) is 3.23. The standard InChI is InChI=1S/C14H17NO4/c1-10-7-12(13(16)17)15(8-10)14(18)19-9-11-5-3-2-4-6-11/h2-6,10,12H,7-9H2,1H3,(H,16,17)/t10-,12+/m0/s1. The third-order valence-corrected chi connectivity index (χ3v) is 3.23. The van der Waals surface area contributed by atoms with Crippen molar-refractivity contribution in [3.63, 3.8) is 0 Å². The van der Waals surface area contributed by atoms with Crippen LogP contribution in [0.15, 0.2) is 30.3 Å². The molecule has 5 heteroatoms. The Labute approximate surface area is 111 Å². The van der Waals surface area contributed by atoms with Crippen LogP contribution in [0.3, 0.4) is 0 Å². The summed E-state index contributed by atoms with van der Waals surface area (Å²) in [6, 6.07) is 8.55. The summed E-state index contributed by atoms with van der Waals surface area (Å²) in [6.07, 6.45) is -0.0731. The predicted molar refractivity (Wildman–Crippen MR) is 68.5 cm³/mol. The first-order valence-corrected chi connectivity index (χ1v) is 6.28. The highest BCUT2D eigenvalue weighted by atomic mass is 16.6. The quantitative estimate of drug-likeness (QED) is 0.907. The number of rotatable bonds is 3. The molecule has 0 aliphatic carbocycles. The molecule has 1 aliphatic rings. The number of ether oxygens (including phenoxy) is 1. The van der Waals surface area contributed by atoms with Gasteiger partial charge in [-0.05, 0) is 17.9 Å². The maximum Gasteiger partial charge on any atom is 0.410 e. The Bertz CT molecular complexity index is 460. The van der Waals surface area contributed by atoms with E-state index in [1.54, 1.807) is 0 Å². The van der Waals surface area contributed by atoms with E-state index in [1.165, 1.54) is 4.90 Å². The Morgan fingerprint density at radius 2 is 2.05 bits per heavy atom. The fraction of sp³-hybridized carbons (Fsp3) is 0.429. The Morgan fingerprint density at radius 1 is 1.37 bits per heavy atom. The van der Waals surface area contributed by atoms with E-state index < -0.39 is 18.1 Å². The molecular formula is C14H17NO4. The van der Waals surface area contributed by atoms with Crippen molar-refractivity contribution in [1.82, 2.24) is 4.90 Å². The van der Waals surface area contributed by atoms with E-state index in [4.69, 9.17) is 9.84 Å². The maximum absolute atomic E-state index is 11.9. The van der Waals surface area contributed by atoms with Crippen LogP contribution in [0.1, 0.15) is 18.9 Å². The normalized spacial score (nSPS) is 22.3. The second-order valence-corrected chi connectivity index (χ2v) is 4.89. The molecule has 1 heterocycles. The van der Waals surface area contributed by atoms with E-state index in [1.807, 2.05) is 37.3 Å². The average molecular weight is 263 g/mol. The van der Waals surface area contributed by atoms with Gasteiger partial charge in [0.2, 0.25) is 0 Å². The first kappa shape index (κ1) is 13.4. The lowest BCUT2D eigenvalue weighted by Crippen LogP contribution is -2.40. The molecule has 102 valence electrons. The van der Waals surface area contributed by atoms with Crippen molar-refractivity contribution < 1.29 is 19.4 Å². The molecule has 1 fully saturated rings. The molecule has 1 aromatic rings. The number of likely N-dealkylation sites (tertiary alicyclic amines) is 1. The van der Waals surface area contributed by atoms with Crippen LogP contribution in [0.5, 0.6) is 0 Å². The zero-order chi connectivity index (χ0) is 13.8. The molecule has 1 aromatic carbocycles. The molecular weight excluding hydrogens is 246 g/mol. The van der Waals surface area contributed by atoms with Gasteiger partial charge in [-0.2, -0.15) is 0 Å². The molecule has 2 rings (SSSR count). The Hall–Kier alpha value is -2.04. The fourth-order valence-electron chi connectivity index (χ4n) is 2.28. The zero-order valence-electron chi connectivity index (χ0n) is 10.8. The first-order chi connectivity index (χ1) is 9.08. The highest BCUT2D eigenvalue weighted by Crippen LogP contribution is 2.24. The third kappa shape index (κ3) is 3.24. The van der Waals surface area contributed by atoms with Crippen LogP contribution >= 0.6 is 0 Å². The highest BCUT2D eigenvalue weighted by molar-refractivity contribution is 5.80. The summed E-state index contributed by atoms with van der Waals surface area (Å²) in [6.45, 7) is 2.53. The number of hydrogen-bond donors (Lipinski definition) is 1. The largest absolute Gasteiger partial charge is 0.480 e.